The number of aliphatic hydroxyl groups is 1. The number of hydrogen-bond acceptors (Lipinski definition) is 15. The molecule has 0 amide bonds. The van der Waals surface area contributed by atoms with Gasteiger partial charge in [0.15, 0.2) is 12.2 Å². The van der Waals surface area contributed by atoms with Crippen LogP contribution in [-0.2, 0) is 65.4 Å². The molecule has 0 heterocycles. The van der Waals surface area contributed by atoms with Crippen molar-refractivity contribution in [1.82, 2.24) is 0 Å². The molecule has 0 saturated heterocycles. The van der Waals surface area contributed by atoms with Crippen molar-refractivity contribution < 1.29 is 80.2 Å². The summed E-state index contributed by atoms with van der Waals surface area (Å²) in [6, 6.07) is 0. The van der Waals surface area contributed by atoms with Gasteiger partial charge in [-0.1, -0.05) is 325 Å². The summed E-state index contributed by atoms with van der Waals surface area (Å²) in [5.41, 5.74) is 0. The van der Waals surface area contributed by atoms with Crippen molar-refractivity contribution in [3.63, 3.8) is 0 Å². The number of carbonyl (C=O) groups excluding carboxylic acids is 4. The molecule has 0 radical (unpaired) electrons. The van der Waals surface area contributed by atoms with E-state index in [9.17, 15) is 43.2 Å². The average Bonchev–Trinajstić information content (AvgIpc) is 3.58. The SMILES string of the molecule is CCCCCCCCCCC(=O)OC[C@H](COP(=O)(O)OC[C@H](O)COP(=O)(O)OC[C@@H](COC(=O)CCCCCCCCCCCCCCCCC(C)C)OC(=O)CCCCCCCCCCCCCCCCC(C)C)OC(=O)CCCCCCCCCCC(C)C. The molecule has 0 rings (SSSR count). The van der Waals surface area contributed by atoms with E-state index in [4.69, 9.17) is 37.0 Å². The van der Waals surface area contributed by atoms with Crippen LogP contribution in [0.1, 0.15) is 376 Å². The molecule has 0 aromatic rings. The number of hydrogen-bond donors (Lipinski definition) is 3. The van der Waals surface area contributed by atoms with Gasteiger partial charge in [-0.15, -0.1) is 0 Å². The lowest BCUT2D eigenvalue weighted by Crippen LogP contribution is -2.30. The van der Waals surface area contributed by atoms with Gasteiger partial charge in [-0.3, -0.25) is 37.3 Å². The zero-order valence-corrected chi connectivity index (χ0v) is 62.5. The Morgan fingerprint density at radius 2 is 0.495 bits per heavy atom. The first-order valence-electron chi connectivity index (χ1n) is 38.3. The predicted molar refractivity (Wildman–Crippen MR) is 377 cm³/mol. The third-order valence-electron chi connectivity index (χ3n) is 17.1. The Morgan fingerprint density at radius 3 is 0.731 bits per heavy atom. The number of phosphoric acid groups is 2. The summed E-state index contributed by atoms with van der Waals surface area (Å²) in [6.45, 7) is 11.9. The van der Waals surface area contributed by atoms with E-state index >= 15 is 0 Å². The van der Waals surface area contributed by atoms with Crippen molar-refractivity contribution in [2.45, 2.75) is 394 Å². The van der Waals surface area contributed by atoms with Gasteiger partial charge in [-0.05, 0) is 43.4 Å². The minimum Gasteiger partial charge on any atom is -0.462 e. The fourth-order valence-electron chi connectivity index (χ4n) is 11.2. The van der Waals surface area contributed by atoms with E-state index in [1.54, 1.807) is 0 Å². The number of carbonyl (C=O) groups is 4. The monoisotopic (exact) mass is 1370 g/mol. The Balaban J connectivity index is 5.21. The first-order valence-corrected chi connectivity index (χ1v) is 41.3. The molecule has 2 unspecified atom stereocenters. The van der Waals surface area contributed by atoms with Gasteiger partial charge < -0.3 is 33.8 Å². The minimum absolute atomic E-state index is 0.104. The number of phosphoric ester groups is 2. The van der Waals surface area contributed by atoms with E-state index in [0.29, 0.717) is 25.7 Å². The third kappa shape index (κ3) is 68.4. The van der Waals surface area contributed by atoms with Gasteiger partial charge in [-0.2, -0.15) is 0 Å². The highest BCUT2D eigenvalue weighted by molar-refractivity contribution is 7.47. The molecular weight excluding hydrogens is 1220 g/mol. The number of unbranched alkanes of at least 4 members (excludes halogenated alkanes) is 40. The molecule has 0 spiro atoms. The summed E-state index contributed by atoms with van der Waals surface area (Å²) in [7, 11) is -9.90. The molecule has 552 valence electrons. The van der Waals surface area contributed by atoms with Crippen LogP contribution >= 0.6 is 15.6 Å². The third-order valence-corrected chi connectivity index (χ3v) is 19.0. The highest BCUT2D eigenvalue weighted by Crippen LogP contribution is 2.45. The molecule has 17 nitrogen and oxygen atoms in total. The van der Waals surface area contributed by atoms with Crippen LogP contribution in [0.15, 0.2) is 0 Å². The van der Waals surface area contributed by atoms with Gasteiger partial charge >= 0.3 is 39.5 Å². The van der Waals surface area contributed by atoms with Crippen molar-refractivity contribution in [3.8, 4) is 0 Å². The minimum atomic E-state index is -4.96. The lowest BCUT2D eigenvalue weighted by atomic mass is 10.0. The second-order valence-electron chi connectivity index (χ2n) is 28.1. The molecule has 0 fully saturated rings. The van der Waals surface area contributed by atoms with Crippen LogP contribution in [0.5, 0.6) is 0 Å². The lowest BCUT2D eigenvalue weighted by Gasteiger charge is -2.21. The topological polar surface area (TPSA) is 237 Å². The zero-order valence-electron chi connectivity index (χ0n) is 60.7. The Kier molecular flexibility index (Phi) is 63.4. The first kappa shape index (κ1) is 91.1. The molecule has 0 aromatic carbocycles. The summed E-state index contributed by atoms with van der Waals surface area (Å²) in [4.78, 5) is 72.6. The van der Waals surface area contributed by atoms with E-state index in [2.05, 4.69) is 48.5 Å². The maximum Gasteiger partial charge on any atom is 0.472 e. The largest absolute Gasteiger partial charge is 0.472 e. The lowest BCUT2D eigenvalue weighted by molar-refractivity contribution is -0.161. The van der Waals surface area contributed by atoms with Crippen LogP contribution in [-0.4, -0.2) is 96.7 Å². The highest BCUT2D eigenvalue weighted by atomic mass is 31.2. The molecule has 0 aliphatic rings. The second kappa shape index (κ2) is 64.7. The fourth-order valence-corrected chi connectivity index (χ4v) is 12.8. The van der Waals surface area contributed by atoms with E-state index in [1.807, 2.05) is 0 Å². The van der Waals surface area contributed by atoms with E-state index in [1.165, 1.54) is 180 Å². The van der Waals surface area contributed by atoms with Gasteiger partial charge in [0.25, 0.3) is 0 Å². The van der Waals surface area contributed by atoms with Crippen LogP contribution in [0.4, 0.5) is 0 Å². The van der Waals surface area contributed by atoms with Crippen LogP contribution in [0.2, 0.25) is 0 Å². The summed E-state index contributed by atoms with van der Waals surface area (Å²) >= 11 is 0. The molecule has 5 atom stereocenters. The molecule has 19 heteroatoms. The van der Waals surface area contributed by atoms with E-state index < -0.39 is 97.5 Å². The molecule has 0 saturated carbocycles. The molecule has 93 heavy (non-hydrogen) atoms. The first-order chi connectivity index (χ1) is 44.7. The number of aliphatic hydroxyl groups excluding tert-OH is 1. The Morgan fingerprint density at radius 1 is 0.290 bits per heavy atom. The summed E-state index contributed by atoms with van der Waals surface area (Å²) in [5, 5.41) is 10.6. The summed E-state index contributed by atoms with van der Waals surface area (Å²) in [6.07, 6.45) is 50.1. The molecule has 3 N–H and O–H groups in total. The maximum atomic E-state index is 13.1. The fraction of sp³-hybridized carbons (Fsp3) is 0.946. The Labute approximate surface area is 568 Å². The number of rotatable bonds is 72. The van der Waals surface area contributed by atoms with Gasteiger partial charge in [0, 0.05) is 25.7 Å². The van der Waals surface area contributed by atoms with Crippen LogP contribution in [0.3, 0.4) is 0 Å². The number of ether oxygens (including phenoxy) is 4. The van der Waals surface area contributed by atoms with E-state index in [-0.39, 0.29) is 25.7 Å². The Bertz CT molecular complexity index is 1820. The molecule has 0 aliphatic carbocycles. The van der Waals surface area contributed by atoms with E-state index in [0.717, 1.165) is 114 Å². The maximum absolute atomic E-state index is 13.1. The van der Waals surface area contributed by atoms with Crippen molar-refractivity contribution >= 4 is 39.5 Å². The predicted octanol–water partition coefficient (Wildman–Crippen LogP) is 21.4. The standard InChI is InChI=1S/C74H144O17P2/c1-8-9-10-11-12-34-41-48-55-71(76)84-61-69(91-74(79)58-51-44-37-30-29-33-40-47-54-67(6)7)63-88-92(80,81)86-59-68(75)60-87-93(82,83)89-64-70(90-73(78)57-50-43-36-28-24-20-16-14-18-22-26-32-39-46-53-66(4)5)62-85-72(77)56-49-42-35-27-23-19-15-13-17-21-25-31-38-45-52-65(2)3/h65-70,75H,8-64H2,1-7H3,(H,80,81)(H,82,83)/t68-,69+,70+/m0/s1. The van der Waals surface area contributed by atoms with Gasteiger partial charge in [0.05, 0.1) is 26.4 Å². The van der Waals surface area contributed by atoms with Crippen LogP contribution in [0.25, 0.3) is 0 Å². The molecule has 0 bridgehead atoms. The zero-order chi connectivity index (χ0) is 68.7. The van der Waals surface area contributed by atoms with Crippen molar-refractivity contribution in [2.75, 3.05) is 39.6 Å². The smallest absolute Gasteiger partial charge is 0.462 e. The summed E-state index contributed by atoms with van der Waals surface area (Å²) in [5.74, 6) is 0.189. The van der Waals surface area contributed by atoms with Crippen LogP contribution < -0.4 is 0 Å². The normalized spacial score (nSPS) is 14.1. The van der Waals surface area contributed by atoms with Crippen LogP contribution in [0, 0.1) is 17.8 Å². The quantitative estimate of drug-likeness (QED) is 0.0222. The number of esters is 4. The summed E-state index contributed by atoms with van der Waals surface area (Å²) < 4.78 is 68.4. The van der Waals surface area contributed by atoms with Crippen molar-refractivity contribution in [1.29, 1.82) is 0 Å². The molecule has 0 aromatic heterocycles. The van der Waals surface area contributed by atoms with Crippen molar-refractivity contribution in [3.05, 3.63) is 0 Å². The molecule has 0 aliphatic heterocycles. The Hall–Kier alpha value is -1.94. The van der Waals surface area contributed by atoms with Crippen molar-refractivity contribution in [2.24, 2.45) is 17.8 Å². The molecular formula is C74H144O17P2. The average molecular weight is 1370 g/mol. The van der Waals surface area contributed by atoms with Gasteiger partial charge in [-0.25, -0.2) is 9.13 Å². The second-order valence-corrected chi connectivity index (χ2v) is 31.0. The van der Waals surface area contributed by atoms with Gasteiger partial charge in [0.1, 0.15) is 19.3 Å². The van der Waals surface area contributed by atoms with Gasteiger partial charge in [0.2, 0.25) is 0 Å². The highest BCUT2D eigenvalue weighted by Gasteiger charge is 2.30.